The van der Waals surface area contributed by atoms with E-state index in [1.165, 1.54) is 17.8 Å². The van der Waals surface area contributed by atoms with E-state index in [-0.39, 0.29) is 4.90 Å². The molecule has 0 amide bonds. The summed E-state index contributed by atoms with van der Waals surface area (Å²) in [6, 6.07) is 6.67. The van der Waals surface area contributed by atoms with Crippen molar-refractivity contribution >= 4 is 10.0 Å². The molecule has 23 heavy (non-hydrogen) atoms. The third-order valence-corrected chi connectivity index (χ3v) is 5.73. The lowest BCUT2D eigenvalue weighted by molar-refractivity contribution is 0.176. The molecule has 8 nitrogen and oxygen atoms in total. The average Bonchev–Trinajstić information content (AvgIpc) is 3.08. The SMILES string of the molecule is COc1ccccc1S(=O)(=O)N1CCN(Cc2ncon2)CC1. The molecule has 0 N–H and O–H groups in total. The monoisotopic (exact) mass is 338 g/mol. The highest BCUT2D eigenvalue weighted by molar-refractivity contribution is 7.89. The Morgan fingerprint density at radius 2 is 1.96 bits per heavy atom. The van der Waals surface area contributed by atoms with E-state index >= 15 is 0 Å². The summed E-state index contributed by atoms with van der Waals surface area (Å²) >= 11 is 0. The lowest BCUT2D eigenvalue weighted by Crippen LogP contribution is -2.48. The molecular weight excluding hydrogens is 320 g/mol. The third-order valence-electron chi connectivity index (χ3n) is 3.79. The number of benzene rings is 1. The molecule has 0 bridgehead atoms. The van der Waals surface area contributed by atoms with Crippen LogP contribution in [0.2, 0.25) is 0 Å². The standard InChI is InChI=1S/C14H18N4O4S/c1-21-12-4-2-3-5-13(12)23(19,20)18-8-6-17(7-9-18)10-14-15-11-22-16-14/h2-5,11H,6-10H2,1H3. The van der Waals surface area contributed by atoms with E-state index < -0.39 is 10.0 Å². The fourth-order valence-corrected chi connectivity index (χ4v) is 4.14. The molecule has 0 radical (unpaired) electrons. The largest absolute Gasteiger partial charge is 0.495 e. The zero-order valence-corrected chi connectivity index (χ0v) is 13.6. The number of methoxy groups -OCH3 is 1. The van der Waals surface area contributed by atoms with Gasteiger partial charge in [-0.3, -0.25) is 4.90 Å². The number of nitrogens with zero attached hydrogens (tertiary/aromatic N) is 4. The molecule has 1 aromatic heterocycles. The van der Waals surface area contributed by atoms with Crippen LogP contribution in [0.1, 0.15) is 5.82 Å². The second-order valence-corrected chi connectivity index (χ2v) is 7.08. The maximum Gasteiger partial charge on any atom is 0.246 e. The average molecular weight is 338 g/mol. The fourth-order valence-electron chi connectivity index (χ4n) is 2.56. The lowest BCUT2D eigenvalue weighted by atomic mass is 10.3. The minimum absolute atomic E-state index is 0.203. The highest BCUT2D eigenvalue weighted by atomic mass is 32.2. The molecule has 1 aliphatic heterocycles. The Bertz CT molecular complexity index is 740. The maximum atomic E-state index is 12.8. The quantitative estimate of drug-likeness (QED) is 0.788. The first kappa shape index (κ1) is 15.9. The molecule has 0 atom stereocenters. The number of hydrogen-bond acceptors (Lipinski definition) is 7. The minimum atomic E-state index is -3.56. The van der Waals surface area contributed by atoms with Crippen molar-refractivity contribution in [2.24, 2.45) is 0 Å². The normalized spacial score (nSPS) is 17.3. The Morgan fingerprint density at radius 1 is 1.22 bits per heavy atom. The Morgan fingerprint density at radius 3 is 2.61 bits per heavy atom. The first-order chi connectivity index (χ1) is 11.1. The van der Waals surface area contributed by atoms with Crippen LogP contribution in [0.4, 0.5) is 0 Å². The smallest absolute Gasteiger partial charge is 0.246 e. The summed E-state index contributed by atoms with van der Waals surface area (Å²) in [6.45, 7) is 2.61. The van der Waals surface area contributed by atoms with Gasteiger partial charge in [-0.1, -0.05) is 17.3 Å². The molecular formula is C14H18N4O4S. The van der Waals surface area contributed by atoms with E-state index in [1.54, 1.807) is 24.3 Å². The summed E-state index contributed by atoms with van der Waals surface area (Å²) in [5.41, 5.74) is 0. The molecule has 1 saturated heterocycles. The van der Waals surface area contributed by atoms with Crippen LogP contribution in [0.15, 0.2) is 40.1 Å². The predicted octanol–water partition coefficient (Wildman–Crippen LogP) is 0.585. The zero-order chi connectivity index (χ0) is 16.3. The predicted molar refractivity (Wildman–Crippen MR) is 81.3 cm³/mol. The van der Waals surface area contributed by atoms with Gasteiger partial charge in [0, 0.05) is 26.2 Å². The molecule has 2 aromatic rings. The van der Waals surface area contributed by atoms with Crippen LogP contribution in [0.25, 0.3) is 0 Å². The van der Waals surface area contributed by atoms with Crippen LogP contribution in [0.5, 0.6) is 5.75 Å². The van der Waals surface area contributed by atoms with Crippen LogP contribution in [-0.4, -0.2) is 61.1 Å². The summed E-state index contributed by atoms with van der Waals surface area (Å²) in [6.07, 6.45) is 1.29. The summed E-state index contributed by atoms with van der Waals surface area (Å²) in [5.74, 6) is 0.966. The molecule has 2 heterocycles. The second-order valence-electron chi connectivity index (χ2n) is 5.18. The van der Waals surface area contributed by atoms with Crippen LogP contribution >= 0.6 is 0 Å². The number of aromatic nitrogens is 2. The number of piperazine rings is 1. The minimum Gasteiger partial charge on any atom is -0.495 e. The maximum absolute atomic E-state index is 12.8. The van der Waals surface area contributed by atoms with Gasteiger partial charge in [0.25, 0.3) is 0 Å². The van der Waals surface area contributed by atoms with Crippen LogP contribution < -0.4 is 4.74 Å². The molecule has 124 valence electrons. The zero-order valence-electron chi connectivity index (χ0n) is 12.8. The molecule has 0 aliphatic carbocycles. The van der Waals surface area contributed by atoms with E-state index in [2.05, 4.69) is 15.0 Å². The van der Waals surface area contributed by atoms with Crippen molar-refractivity contribution in [3.8, 4) is 5.75 Å². The van der Waals surface area contributed by atoms with Gasteiger partial charge in [0.2, 0.25) is 16.4 Å². The van der Waals surface area contributed by atoms with Crippen LogP contribution in [-0.2, 0) is 16.6 Å². The van der Waals surface area contributed by atoms with Gasteiger partial charge in [-0.15, -0.1) is 0 Å². The van der Waals surface area contributed by atoms with Gasteiger partial charge in [-0.25, -0.2) is 8.42 Å². The van der Waals surface area contributed by atoms with Crippen molar-refractivity contribution in [1.29, 1.82) is 0 Å². The number of hydrogen-bond donors (Lipinski definition) is 0. The number of rotatable bonds is 5. The molecule has 0 spiro atoms. The van der Waals surface area contributed by atoms with Crippen molar-refractivity contribution in [2.75, 3.05) is 33.3 Å². The molecule has 1 aliphatic rings. The second kappa shape index (κ2) is 6.65. The van der Waals surface area contributed by atoms with Crippen molar-refractivity contribution in [1.82, 2.24) is 19.3 Å². The van der Waals surface area contributed by atoms with E-state index in [4.69, 9.17) is 9.26 Å². The Balaban J connectivity index is 1.69. The van der Waals surface area contributed by atoms with Gasteiger partial charge in [0.1, 0.15) is 10.6 Å². The molecule has 0 saturated carbocycles. The van der Waals surface area contributed by atoms with E-state index in [0.717, 1.165) is 0 Å². The van der Waals surface area contributed by atoms with Crippen molar-refractivity contribution < 1.29 is 17.7 Å². The third kappa shape index (κ3) is 3.36. The Hall–Kier alpha value is -1.97. The van der Waals surface area contributed by atoms with Crippen molar-refractivity contribution in [3.63, 3.8) is 0 Å². The molecule has 0 unspecified atom stereocenters. The summed E-state index contributed by atoms with van der Waals surface area (Å²) in [5, 5.41) is 3.77. The van der Waals surface area contributed by atoms with Gasteiger partial charge in [0.05, 0.1) is 13.7 Å². The van der Waals surface area contributed by atoms with Crippen molar-refractivity contribution in [2.45, 2.75) is 11.4 Å². The highest BCUT2D eigenvalue weighted by Gasteiger charge is 2.30. The van der Waals surface area contributed by atoms with Gasteiger partial charge in [-0.05, 0) is 12.1 Å². The van der Waals surface area contributed by atoms with E-state index in [9.17, 15) is 8.42 Å². The molecule has 3 rings (SSSR count). The topological polar surface area (TPSA) is 88.8 Å². The molecule has 9 heteroatoms. The van der Waals surface area contributed by atoms with Gasteiger partial charge >= 0.3 is 0 Å². The number of para-hydroxylation sites is 1. The van der Waals surface area contributed by atoms with Crippen LogP contribution in [0.3, 0.4) is 0 Å². The summed E-state index contributed by atoms with van der Waals surface area (Å²) in [4.78, 5) is 6.28. The summed E-state index contributed by atoms with van der Waals surface area (Å²) < 4.78 is 36.9. The Labute approximate surface area is 134 Å². The van der Waals surface area contributed by atoms with Gasteiger partial charge in [-0.2, -0.15) is 9.29 Å². The number of ether oxygens (including phenoxy) is 1. The van der Waals surface area contributed by atoms with Crippen molar-refractivity contribution in [3.05, 3.63) is 36.5 Å². The van der Waals surface area contributed by atoms with Gasteiger partial charge < -0.3 is 9.26 Å². The van der Waals surface area contributed by atoms with Crippen LogP contribution in [0, 0.1) is 0 Å². The van der Waals surface area contributed by atoms with Gasteiger partial charge in [0.15, 0.2) is 5.82 Å². The summed E-state index contributed by atoms with van der Waals surface area (Å²) in [7, 11) is -2.09. The van der Waals surface area contributed by atoms with E-state index in [0.29, 0.717) is 44.3 Å². The first-order valence-electron chi connectivity index (χ1n) is 7.22. The first-order valence-corrected chi connectivity index (χ1v) is 8.66. The number of sulfonamides is 1. The fraction of sp³-hybridized carbons (Fsp3) is 0.429. The highest BCUT2D eigenvalue weighted by Crippen LogP contribution is 2.26. The lowest BCUT2D eigenvalue weighted by Gasteiger charge is -2.33. The molecule has 1 fully saturated rings. The van der Waals surface area contributed by atoms with E-state index in [1.807, 2.05) is 0 Å². The Kier molecular flexibility index (Phi) is 4.60. The molecule has 1 aromatic carbocycles.